The SMILES string of the molecule is OC1(CNC2CCCCNCC2)CC1. The fourth-order valence-electron chi connectivity index (χ4n) is 2.05. The van der Waals surface area contributed by atoms with Gasteiger partial charge in [0.1, 0.15) is 0 Å². The first kappa shape index (κ1) is 10.4. The molecule has 3 nitrogen and oxygen atoms in total. The maximum absolute atomic E-state index is 9.71. The van der Waals surface area contributed by atoms with Gasteiger partial charge >= 0.3 is 0 Å². The van der Waals surface area contributed by atoms with Gasteiger partial charge in [-0.2, -0.15) is 0 Å². The van der Waals surface area contributed by atoms with Gasteiger partial charge in [0.2, 0.25) is 0 Å². The van der Waals surface area contributed by atoms with Gasteiger partial charge in [0.05, 0.1) is 5.60 Å². The highest BCUT2D eigenvalue weighted by Crippen LogP contribution is 2.34. The largest absolute Gasteiger partial charge is 0.389 e. The highest BCUT2D eigenvalue weighted by atomic mass is 16.3. The molecule has 0 aromatic carbocycles. The Bertz CT molecular complexity index is 172. The molecule has 2 aliphatic rings. The van der Waals surface area contributed by atoms with Crippen LogP contribution in [0.25, 0.3) is 0 Å². The lowest BCUT2D eigenvalue weighted by Crippen LogP contribution is -2.39. The smallest absolute Gasteiger partial charge is 0.0773 e. The molecule has 1 aliphatic heterocycles. The van der Waals surface area contributed by atoms with Crippen molar-refractivity contribution >= 4 is 0 Å². The fourth-order valence-corrected chi connectivity index (χ4v) is 2.05. The first-order chi connectivity index (χ1) is 6.79. The second-order valence-corrected chi connectivity index (χ2v) is 4.84. The molecule has 1 saturated heterocycles. The number of hydrogen-bond donors (Lipinski definition) is 3. The van der Waals surface area contributed by atoms with Crippen LogP contribution in [0.3, 0.4) is 0 Å². The maximum atomic E-state index is 9.71. The van der Waals surface area contributed by atoms with Crippen LogP contribution >= 0.6 is 0 Å². The summed E-state index contributed by atoms with van der Waals surface area (Å²) in [6.45, 7) is 3.10. The topological polar surface area (TPSA) is 44.3 Å². The molecule has 0 bridgehead atoms. The van der Waals surface area contributed by atoms with Gasteiger partial charge < -0.3 is 15.7 Å². The van der Waals surface area contributed by atoms with Crippen molar-refractivity contribution < 1.29 is 5.11 Å². The zero-order valence-corrected chi connectivity index (χ0v) is 8.89. The third-order valence-corrected chi connectivity index (χ3v) is 3.37. The second-order valence-electron chi connectivity index (χ2n) is 4.84. The summed E-state index contributed by atoms with van der Waals surface area (Å²) in [6, 6.07) is 0.618. The molecule has 1 unspecified atom stereocenters. The van der Waals surface area contributed by atoms with Gasteiger partial charge in [0.15, 0.2) is 0 Å². The summed E-state index contributed by atoms with van der Waals surface area (Å²) < 4.78 is 0. The zero-order chi connectivity index (χ0) is 9.86. The van der Waals surface area contributed by atoms with Crippen molar-refractivity contribution in [2.24, 2.45) is 0 Å². The minimum atomic E-state index is -0.338. The molecule has 1 heterocycles. The van der Waals surface area contributed by atoms with Crippen molar-refractivity contribution in [3.8, 4) is 0 Å². The van der Waals surface area contributed by atoms with E-state index in [1.165, 1.54) is 32.2 Å². The molecule has 14 heavy (non-hydrogen) atoms. The Labute approximate surface area is 86.3 Å². The molecule has 2 fully saturated rings. The Morgan fingerprint density at radius 3 is 2.86 bits per heavy atom. The Morgan fingerprint density at radius 1 is 1.21 bits per heavy atom. The van der Waals surface area contributed by atoms with Crippen LogP contribution in [0.2, 0.25) is 0 Å². The van der Waals surface area contributed by atoms with Crippen LogP contribution in [0.15, 0.2) is 0 Å². The third-order valence-electron chi connectivity index (χ3n) is 3.37. The van der Waals surface area contributed by atoms with E-state index in [0.29, 0.717) is 6.04 Å². The van der Waals surface area contributed by atoms with Gasteiger partial charge in [-0.15, -0.1) is 0 Å². The van der Waals surface area contributed by atoms with E-state index in [9.17, 15) is 5.11 Å². The first-order valence-electron chi connectivity index (χ1n) is 5.95. The van der Waals surface area contributed by atoms with Crippen LogP contribution in [0.1, 0.15) is 38.5 Å². The Kier molecular flexibility index (Phi) is 3.42. The van der Waals surface area contributed by atoms with E-state index in [0.717, 1.165) is 25.9 Å². The van der Waals surface area contributed by atoms with E-state index in [1.807, 2.05) is 0 Å². The number of nitrogens with one attached hydrogen (secondary N) is 2. The van der Waals surface area contributed by atoms with Crippen molar-refractivity contribution in [3.63, 3.8) is 0 Å². The molecule has 2 rings (SSSR count). The van der Waals surface area contributed by atoms with Crippen LogP contribution in [-0.4, -0.2) is 36.4 Å². The summed E-state index contributed by atoms with van der Waals surface area (Å²) in [4.78, 5) is 0. The van der Waals surface area contributed by atoms with Crippen LogP contribution in [-0.2, 0) is 0 Å². The highest BCUT2D eigenvalue weighted by molar-refractivity contribution is 4.96. The van der Waals surface area contributed by atoms with Crippen LogP contribution in [0, 0.1) is 0 Å². The molecule has 3 N–H and O–H groups in total. The van der Waals surface area contributed by atoms with E-state index in [2.05, 4.69) is 10.6 Å². The second kappa shape index (κ2) is 4.60. The minimum absolute atomic E-state index is 0.338. The summed E-state index contributed by atoms with van der Waals surface area (Å²) in [5.74, 6) is 0. The predicted octanol–water partition coefficient (Wildman–Crippen LogP) is 0.633. The molecule has 1 atom stereocenters. The van der Waals surface area contributed by atoms with Crippen molar-refractivity contribution in [3.05, 3.63) is 0 Å². The number of hydrogen-bond acceptors (Lipinski definition) is 3. The molecule has 1 saturated carbocycles. The average Bonchev–Trinajstić information content (AvgIpc) is 2.82. The molecule has 0 radical (unpaired) electrons. The molecular formula is C11H22N2O. The van der Waals surface area contributed by atoms with E-state index >= 15 is 0 Å². The molecule has 0 spiro atoms. The quantitative estimate of drug-likeness (QED) is 0.623. The highest BCUT2D eigenvalue weighted by Gasteiger charge is 2.40. The van der Waals surface area contributed by atoms with Gasteiger partial charge in [-0.3, -0.25) is 0 Å². The maximum Gasteiger partial charge on any atom is 0.0773 e. The molecule has 0 aromatic rings. The predicted molar refractivity (Wildman–Crippen MR) is 57.3 cm³/mol. The lowest BCUT2D eigenvalue weighted by molar-refractivity contribution is 0.141. The fraction of sp³-hybridized carbons (Fsp3) is 1.00. The van der Waals surface area contributed by atoms with Crippen LogP contribution in [0.4, 0.5) is 0 Å². The zero-order valence-electron chi connectivity index (χ0n) is 8.89. The van der Waals surface area contributed by atoms with Crippen molar-refractivity contribution in [2.45, 2.75) is 50.2 Å². The summed E-state index contributed by atoms with van der Waals surface area (Å²) >= 11 is 0. The van der Waals surface area contributed by atoms with Crippen molar-refractivity contribution in [2.75, 3.05) is 19.6 Å². The molecule has 3 heteroatoms. The van der Waals surface area contributed by atoms with E-state index in [-0.39, 0.29) is 5.60 Å². The molecule has 0 amide bonds. The van der Waals surface area contributed by atoms with E-state index in [1.54, 1.807) is 0 Å². The molecule has 1 aliphatic carbocycles. The number of rotatable bonds is 3. The third kappa shape index (κ3) is 3.23. The van der Waals surface area contributed by atoms with Gasteiger partial charge in [-0.25, -0.2) is 0 Å². The van der Waals surface area contributed by atoms with Gasteiger partial charge in [0, 0.05) is 12.6 Å². The minimum Gasteiger partial charge on any atom is -0.389 e. The normalized spacial score (nSPS) is 31.9. The van der Waals surface area contributed by atoms with Crippen molar-refractivity contribution in [1.82, 2.24) is 10.6 Å². The molecule has 82 valence electrons. The summed E-state index contributed by atoms with van der Waals surface area (Å²) in [7, 11) is 0. The first-order valence-corrected chi connectivity index (χ1v) is 5.95. The van der Waals surface area contributed by atoms with Crippen molar-refractivity contribution in [1.29, 1.82) is 0 Å². The summed E-state index contributed by atoms with van der Waals surface area (Å²) in [5.41, 5.74) is -0.338. The summed E-state index contributed by atoms with van der Waals surface area (Å²) in [6.07, 6.45) is 7.06. The summed E-state index contributed by atoms with van der Waals surface area (Å²) in [5, 5.41) is 16.6. The molecular weight excluding hydrogens is 176 g/mol. The van der Waals surface area contributed by atoms with Gasteiger partial charge in [-0.1, -0.05) is 6.42 Å². The lowest BCUT2D eigenvalue weighted by atomic mass is 10.0. The van der Waals surface area contributed by atoms with Gasteiger partial charge in [0.25, 0.3) is 0 Å². The van der Waals surface area contributed by atoms with Crippen LogP contribution in [0.5, 0.6) is 0 Å². The molecule has 0 aromatic heterocycles. The Morgan fingerprint density at radius 2 is 2.07 bits per heavy atom. The van der Waals surface area contributed by atoms with E-state index in [4.69, 9.17) is 0 Å². The lowest BCUT2D eigenvalue weighted by Gasteiger charge is -2.23. The van der Waals surface area contributed by atoms with Gasteiger partial charge in [-0.05, 0) is 45.2 Å². The number of aliphatic hydroxyl groups is 1. The monoisotopic (exact) mass is 198 g/mol. The Hall–Kier alpha value is -0.120. The Balaban J connectivity index is 1.66. The average molecular weight is 198 g/mol. The van der Waals surface area contributed by atoms with E-state index < -0.39 is 0 Å². The standard InChI is InChI=1S/C11H22N2O/c14-11(5-6-11)9-13-10-3-1-2-7-12-8-4-10/h10,12-14H,1-9H2. The van der Waals surface area contributed by atoms with Crippen LogP contribution < -0.4 is 10.6 Å².